The second-order valence-corrected chi connectivity index (χ2v) is 6.35. The van der Waals surface area contributed by atoms with Crippen LogP contribution in [0.25, 0.3) is 11.4 Å². The summed E-state index contributed by atoms with van der Waals surface area (Å²) in [5.41, 5.74) is 0.691. The SMILES string of the molecule is O=C(NC[C@@H]1CC[C@@H](O)C1)Nc1nc(-c2ccc(F)cc2)ns1. The molecule has 122 valence electrons. The Morgan fingerprint density at radius 2 is 2.13 bits per heavy atom. The number of nitrogens with one attached hydrogen (secondary N) is 2. The number of hydrogen-bond donors (Lipinski definition) is 3. The Balaban J connectivity index is 1.52. The number of nitrogens with zero attached hydrogens (tertiary/aromatic N) is 2. The molecule has 8 heteroatoms. The van der Waals surface area contributed by atoms with Gasteiger partial charge in [-0.2, -0.15) is 9.36 Å². The van der Waals surface area contributed by atoms with Gasteiger partial charge >= 0.3 is 6.03 Å². The van der Waals surface area contributed by atoms with Crippen LogP contribution in [0.3, 0.4) is 0 Å². The summed E-state index contributed by atoms with van der Waals surface area (Å²) in [6.45, 7) is 0.534. The molecule has 0 aliphatic heterocycles. The second kappa shape index (κ2) is 7.01. The Morgan fingerprint density at radius 3 is 2.83 bits per heavy atom. The molecule has 0 bridgehead atoms. The summed E-state index contributed by atoms with van der Waals surface area (Å²) in [6, 6.07) is 5.52. The molecule has 1 aliphatic carbocycles. The quantitative estimate of drug-likeness (QED) is 0.801. The molecule has 3 N–H and O–H groups in total. The third-order valence-electron chi connectivity index (χ3n) is 3.81. The van der Waals surface area contributed by atoms with Crippen LogP contribution in [0.2, 0.25) is 0 Å². The van der Waals surface area contributed by atoms with Crippen LogP contribution in [-0.2, 0) is 0 Å². The fourth-order valence-corrected chi connectivity index (χ4v) is 3.19. The molecular weight excluding hydrogens is 319 g/mol. The van der Waals surface area contributed by atoms with Gasteiger partial charge in [0.05, 0.1) is 6.10 Å². The van der Waals surface area contributed by atoms with Gasteiger partial charge in [-0.1, -0.05) is 0 Å². The summed E-state index contributed by atoms with van der Waals surface area (Å²) in [6.07, 6.45) is 2.21. The highest BCUT2D eigenvalue weighted by Gasteiger charge is 2.23. The van der Waals surface area contributed by atoms with Crippen molar-refractivity contribution in [1.29, 1.82) is 0 Å². The average molecular weight is 336 g/mol. The van der Waals surface area contributed by atoms with Gasteiger partial charge in [-0.15, -0.1) is 0 Å². The van der Waals surface area contributed by atoms with Gasteiger partial charge in [0, 0.05) is 23.6 Å². The maximum atomic E-state index is 12.9. The largest absolute Gasteiger partial charge is 0.393 e. The van der Waals surface area contributed by atoms with E-state index < -0.39 is 0 Å². The van der Waals surface area contributed by atoms with Crippen LogP contribution in [-0.4, -0.2) is 33.1 Å². The monoisotopic (exact) mass is 336 g/mol. The van der Waals surface area contributed by atoms with Gasteiger partial charge in [-0.25, -0.2) is 9.18 Å². The summed E-state index contributed by atoms with van der Waals surface area (Å²) in [5.74, 6) is 0.447. The maximum absolute atomic E-state index is 12.9. The number of amides is 2. The average Bonchev–Trinajstić information content (AvgIpc) is 3.15. The van der Waals surface area contributed by atoms with E-state index >= 15 is 0 Å². The second-order valence-electron chi connectivity index (χ2n) is 5.60. The number of aliphatic hydroxyl groups is 1. The molecule has 0 radical (unpaired) electrons. The molecule has 1 aromatic carbocycles. The zero-order valence-electron chi connectivity index (χ0n) is 12.3. The number of carbonyl (C=O) groups is 1. The molecule has 2 amide bonds. The lowest BCUT2D eigenvalue weighted by Gasteiger charge is -2.10. The van der Waals surface area contributed by atoms with E-state index in [0.717, 1.165) is 30.8 Å². The molecule has 1 aliphatic rings. The number of rotatable bonds is 4. The van der Waals surface area contributed by atoms with Crippen LogP contribution >= 0.6 is 11.5 Å². The highest BCUT2D eigenvalue weighted by atomic mass is 32.1. The first-order valence-corrected chi connectivity index (χ1v) is 8.20. The number of carbonyl (C=O) groups excluding carboxylic acids is 1. The number of urea groups is 1. The molecule has 1 aromatic heterocycles. The van der Waals surface area contributed by atoms with E-state index in [1.807, 2.05) is 0 Å². The number of aromatic nitrogens is 2. The fourth-order valence-electron chi connectivity index (χ4n) is 2.60. The van der Waals surface area contributed by atoms with Crippen molar-refractivity contribution in [1.82, 2.24) is 14.7 Å². The smallest absolute Gasteiger partial charge is 0.321 e. The Morgan fingerprint density at radius 1 is 1.35 bits per heavy atom. The molecule has 2 atom stereocenters. The maximum Gasteiger partial charge on any atom is 0.321 e. The standard InChI is InChI=1S/C15H17FN4O2S/c16-11-4-2-10(3-5-11)13-18-15(23-20-13)19-14(22)17-8-9-1-6-12(21)7-9/h2-5,9,12,21H,1,6-8H2,(H2,17,18,19,20,22)/t9-,12-/m1/s1. The van der Waals surface area contributed by atoms with Crippen LogP contribution in [0.5, 0.6) is 0 Å². The Bertz CT molecular complexity index is 676. The number of aliphatic hydroxyl groups excluding tert-OH is 1. The van der Waals surface area contributed by atoms with E-state index in [9.17, 15) is 14.3 Å². The molecule has 1 fully saturated rings. The minimum Gasteiger partial charge on any atom is -0.393 e. The van der Waals surface area contributed by atoms with Crippen LogP contribution in [0.1, 0.15) is 19.3 Å². The Kier molecular flexibility index (Phi) is 4.82. The van der Waals surface area contributed by atoms with Crippen LogP contribution in [0, 0.1) is 11.7 Å². The molecule has 0 saturated heterocycles. The zero-order chi connectivity index (χ0) is 16.2. The van der Waals surface area contributed by atoms with Gasteiger partial charge in [-0.3, -0.25) is 5.32 Å². The first-order chi connectivity index (χ1) is 11.1. The Labute approximate surface area is 136 Å². The first-order valence-electron chi connectivity index (χ1n) is 7.42. The summed E-state index contributed by atoms with van der Waals surface area (Å²) >= 11 is 1.07. The van der Waals surface area contributed by atoms with E-state index in [1.54, 1.807) is 12.1 Å². The van der Waals surface area contributed by atoms with E-state index in [1.165, 1.54) is 12.1 Å². The van der Waals surface area contributed by atoms with Crippen molar-refractivity contribution in [2.45, 2.75) is 25.4 Å². The van der Waals surface area contributed by atoms with Gasteiger partial charge in [0.15, 0.2) is 5.82 Å². The van der Waals surface area contributed by atoms with E-state index in [4.69, 9.17) is 0 Å². The minimum atomic E-state index is -0.340. The summed E-state index contributed by atoms with van der Waals surface area (Å²) in [4.78, 5) is 16.1. The number of halogens is 1. The van der Waals surface area contributed by atoms with Gasteiger partial charge in [-0.05, 0) is 49.4 Å². The zero-order valence-corrected chi connectivity index (χ0v) is 13.1. The molecule has 1 heterocycles. The first kappa shape index (κ1) is 15.8. The third-order valence-corrected chi connectivity index (χ3v) is 4.44. The number of hydrogen-bond acceptors (Lipinski definition) is 5. The normalized spacial score (nSPS) is 20.4. The van der Waals surface area contributed by atoms with Crippen molar-refractivity contribution < 1.29 is 14.3 Å². The van der Waals surface area contributed by atoms with Crippen LogP contribution in [0.4, 0.5) is 14.3 Å². The fraction of sp³-hybridized carbons (Fsp3) is 0.400. The minimum absolute atomic E-state index is 0.244. The molecule has 3 rings (SSSR count). The molecule has 1 saturated carbocycles. The molecule has 2 aromatic rings. The van der Waals surface area contributed by atoms with Crippen LogP contribution < -0.4 is 10.6 Å². The van der Waals surface area contributed by atoms with Crippen molar-refractivity contribution >= 4 is 22.7 Å². The van der Waals surface area contributed by atoms with E-state index in [0.29, 0.717) is 29.0 Å². The van der Waals surface area contributed by atoms with Gasteiger partial charge in [0.25, 0.3) is 0 Å². The van der Waals surface area contributed by atoms with Crippen molar-refractivity contribution in [3.8, 4) is 11.4 Å². The molecule has 0 spiro atoms. The predicted molar refractivity (Wildman–Crippen MR) is 85.7 cm³/mol. The summed E-state index contributed by atoms with van der Waals surface area (Å²) in [5, 5.41) is 15.3. The van der Waals surface area contributed by atoms with Crippen molar-refractivity contribution in [2.75, 3.05) is 11.9 Å². The summed E-state index contributed by atoms with van der Waals surface area (Å²) in [7, 11) is 0. The number of anilines is 1. The van der Waals surface area contributed by atoms with Crippen molar-refractivity contribution in [3.05, 3.63) is 30.1 Å². The lowest BCUT2D eigenvalue weighted by Crippen LogP contribution is -2.32. The Hall–Kier alpha value is -2.06. The molecule has 23 heavy (non-hydrogen) atoms. The van der Waals surface area contributed by atoms with Gasteiger partial charge in [0.1, 0.15) is 5.82 Å². The van der Waals surface area contributed by atoms with E-state index in [-0.39, 0.29) is 18.0 Å². The molecule has 6 nitrogen and oxygen atoms in total. The predicted octanol–water partition coefficient (Wildman–Crippen LogP) is 2.63. The molecule has 0 unspecified atom stereocenters. The van der Waals surface area contributed by atoms with Crippen molar-refractivity contribution in [3.63, 3.8) is 0 Å². The van der Waals surface area contributed by atoms with Gasteiger partial charge in [0.2, 0.25) is 5.13 Å². The number of benzene rings is 1. The van der Waals surface area contributed by atoms with Crippen molar-refractivity contribution in [2.24, 2.45) is 5.92 Å². The lowest BCUT2D eigenvalue weighted by molar-refractivity contribution is 0.177. The highest BCUT2D eigenvalue weighted by Crippen LogP contribution is 2.24. The molecular formula is C15H17FN4O2S. The lowest BCUT2D eigenvalue weighted by atomic mass is 10.1. The third kappa shape index (κ3) is 4.23. The van der Waals surface area contributed by atoms with E-state index in [2.05, 4.69) is 20.0 Å². The van der Waals surface area contributed by atoms with Crippen LogP contribution in [0.15, 0.2) is 24.3 Å². The highest BCUT2D eigenvalue weighted by molar-refractivity contribution is 7.10. The topological polar surface area (TPSA) is 87.1 Å². The van der Waals surface area contributed by atoms with Gasteiger partial charge < -0.3 is 10.4 Å². The summed E-state index contributed by atoms with van der Waals surface area (Å²) < 4.78 is 17.0.